The molecule has 0 saturated carbocycles. The molecule has 0 saturated heterocycles. The fourth-order valence-corrected chi connectivity index (χ4v) is 1.31. The molecule has 0 aliphatic rings. The Morgan fingerprint density at radius 1 is 1.31 bits per heavy atom. The lowest BCUT2D eigenvalue weighted by atomic mass is 10.0. The van der Waals surface area contributed by atoms with Crippen LogP contribution in [-0.4, -0.2) is 23.6 Å². The molecular weight excluding hydrogens is 204 g/mol. The normalized spacial score (nSPS) is 12.2. The predicted octanol–water partition coefficient (Wildman–Crippen LogP) is 2.43. The van der Waals surface area contributed by atoms with Gasteiger partial charge < -0.3 is 9.84 Å². The summed E-state index contributed by atoms with van der Waals surface area (Å²) in [6, 6.07) is 6.88. The highest BCUT2D eigenvalue weighted by molar-refractivity contribution is 5.99. The summed E-state index contributed by atoms with van der Waals surface area (Å²) >= 11 is 0. The van der Waals surface area contributed by atoms with Crippen LogP contribution in [0.25, 0.3) is 0 Å². The number of carbonyl (C=O) groups is 1. The molecule has 88 valence electrons. The van der Waals surface area contributed by atoms with Crippen molar-refractivity contribution < 1.29 is 14.6 Å². The maximum atomic E-state index is 11.6. The van der Waals surface area contributed by atoms with Crippen LogP contribution in [0.1, 0.15) is 37.0 Å². The highest BCUT2D eigenvalue weighted by atomic mass is 16.5. The van der Waals surface area contributed by atoms with Crippen LogP contribution in [0.15, 0.2) is 24.3 Å². The Morgan fingerprint density at radius 2 is 1.94 bits per heavy atom. The van der Waals surface area contributed by atoms with Gasteiger partial charge in [0, 0.05) is 5.56 Å². The molecule has 0 fully saturated rings. The van der Waals surface area contributed by atoms with E-state index < -0.39 is 6.10 Å². The summed E-state index contributed by atoms with van der Waals surface area (Å²) in [5.74, 6) is 0.522. The average molecular weight is 222 g/mol. The van der Waals surface area contributed by atoms with Gasteiger partial charge in [0.05, 0.1) is 6.61 Å². The molecule has 1 aromatic carbocycles. The van der Waals surface area contributed by atoms with Gasteiger partial charge in [0.25, 0.3) is 0 Å². The van der Waals surface area contributed by atoms with E-state index in [0.29, 0.717) is 18.6 Å². The van der Waals surface area contributed by atoms with Crippen molar-refractivity contribution in [3.63, 3.8) is 0 Å². The first-order valence-electron chi connectivity index (χ1n) is 5.64. The molecule has 16 heavy (non-hydrogen) atoms. The van der Waals surface area contributed by atoms with Crippen molar-refractivity contribution in [3.05, 3.63) is 29.8 Å². The summed E-state index contributed by atoms with van der Waals surface area (Å²) in [4.78, 5) is 11.6. The minimum Gasteiger partial charge on any atom is -0.494 e. The second-order valence-electron chi connectivity index (χ2n) is 3.66. The van der Waals surface area contributed by atoms with E-state index in [2.05, 4.69) is 0 Å². The Labute approximate surface area is 96.1 Å². The van der Waals surface area contributed by atoms with E-state index in [1.807, 2.05) is 6.92 Å². The molecule has 0 aromatic heterocycles. The van der Waals surface area contributed by atoms with Crippen molar-refractivity contribution in [2.45, 2.75) is 32.8 Å². The molecule has 0 aliphatic heterocycles. The first kappa shape index (κ1) is 12.7. The van der Waals surface area contributed by atoms with Crippen LogP contribution in [0, 0.1) is 0 Å². The zero-order valence-electron chi connectivity index (χ0n) is 9.77. The van der Waals surface area contributed by atoms with Gasteiger partial charge in [-0.3, -0.25) is 4.79 Å². The molecule has 3 nitrogen and oxygen atoms in total. The third kappa shape index (κ3) is 3.35. The molecule has 1 unspecified atom stereocenters. The van der Waals surface area contributed by atoms with Crippen LogP contribution in [0.2, 0.25) is 0 Å². The molecule has 1 rings (SSSR count). The fourth-order valence-electron chi connectivity index (χ4n) is 1.31. The number of aliphatic hydroxyl groups is 1. The van der Waals surface area contributed by atoms with E-state index >= 15 is 0 Å². The third-order valence-electron chi connectivity index (χ3n) is 2.30. The van der Waals surface area contributed by atoms with Gasteiger partial charge in [-0.2, -0.15) is 0 Å². The minimum absolute atomic E-state index is 0.232. The maximum absolute atomic E-state index is 11.6. The molecule has 1 N–H and O–H groups in total. The Morgan fingerprint density at radius 3 is 2.44 bits per heavy atom. The summed E-state index contributed by atoms with van der Waals surface area (Å²) < 4.78 is 5.40. The van der Waals surface area contributed by atoms with Gasteiger partial charge in [0.15, 0.2) is 5.78 Å². The molecule has 1 atom stereocenters. The summed E-state index contributed by atoms with van der Waals surface area (Å²) in [6.07, 6.45) is 0.490. The van der Waals surface area contributed by atoms with Gasteiger partial charge in [-0.1, -0.05) is 13.8 Å². The van der Waals surface area contributed by atoms with Gasteiger partial charge in [-0.25, -0.2) is 0 Å². The molecule has 0 bridgehead atoms. The quantitative estimate of drug-likeness (QED) is 0.752. The molecule has 0 heterocycles. The van der Waals surface area contributed by atoms with Crippen LogP contribution in [0.5, 0.6) is 5.75 Å². The fraction of sp³-hybridized carbons (Fsp3) is 0.462. The van der Waals surface area contributed by atoms with Crippen LogP contribution < -0.4 is 4.74 Å². The molecule has 0 aliphatic carbocycles. The lowest BCUT2D eigenvalue weighted by molar-refractivity contribution is 0.0740. The molecule has 0 spiro atoms. The van der Waals surface area contributed by atoms with Gasteiger partial charge in [0.2, 0.25) is 0 Å². The van der Waals surface area contributed by atoms with Gasteiger partial charge in [-0.05, 0) is 37.1 Å². The Balaban J connectivity index is 2.67. The molecule has 3 heteroatoms. The number of benzene rings is 1. The van der Waals surface area contributed by atoms with Crippen molar-refractivity contribution >= 4 is 5.78 Å². The molecule has 1 aromatic rings. The van der Waals surface area contributed by atoms with Gasteiger partial charge in [0.1, 0.15) is 11.9 Å². The van der Waals surface area contributed by atoms with E-state index in [1.165, 1.54) is 0 Å². The van der Waals surface area contributed by atoms with E-state index in [9.17, 15) is 9.90 Å². The standard InChI is InChI=1S/C13H18O3/c1-3-9-16-11-7-5-10(6-8-11)13(15)12(14)4-2/h5-8,12,14H,3-4,9H2,1-2H3. The van der Waals surface area contributed by atoms with Crippen LogP contribution in [0.3, 0.4) is 0 Å². The van der Waals surface area contributed by atoms with E-state index in [-0.39, 0.29) is 5.78 Å². The molecular formula is C13H18O3. The van der Waals surface area contributed by atoms with Crippen molar-refractivity contribution in [2.75, 3.05) is 6.61 Å². The summed E-state index contributed by atoms with van der Waals surface area (Å²) in [5.41, 5.74) is 0.526. The number of rotatable bonds is 6. The summed E-state index contributed by atoms with van der Waals surface area (Å²) in [6.45, 7) is 4.49. The molecule has 0 amide bonds. The van der Waals surface area contributed by atoms with Crippen molar-refractivity contribution in [3.8, 4) is 5.75 Å². The topological polar surface area (TPSA) is 46.5 Å². The molecule has 0 radical (unpaired) electrons. The predicted molar refractivity (Wildman–Crippen MR) is 62.9 cm³/mol. The van der Waals surface area contributed by atoms with E-state index in [4.69, 9.17) is 4.74 Å². The average Bonchev–Trinajstić information content (AvgIpc) is 2.35. The van der Waals surface area contributed by atoms with Crippen molar-refractivity contribution in [1.29, 1.82) is 0 Å². The lowest BCUT2D eigenvalue weighted by Crippen LogP contribution is -2.19. The van der Waals surface area contributed by atoms with Crippen LogP contribution >= 0.6 is 0 Å². The van der Waals surface area contributed by atoms with Crippen molar-refractivity contribution in [2.24, 2.45) is 0 Å². The first-order valence-corrected chi connectivity index (χ1v) is 5.64. The van der Waals surface area contributed by atoms with E-state index in [0.717, 1.165) is 12.2 Å². The first-order chi connectivity index (χ1) is 7.69. The third-order valence-corrected chi connectivity index (χ3v) is 2.30. The SMILES string of the molecule is CCCOc1ccc(C(=O)C(O)CC)cc1. The second-order valence-corrected chi connectivity index (χ2v) is 3.66. The smallest absolute Gasteiger partial charge is 0.191 e. The maximum Gasteiger partial charge on any atom is 0.191 e. The summed E-state index contributed by atoms with van der Waals surface area (Å²) in [7, 11) is 0. The van der Waals surface area contributed by atoms with Gasteiger partial charge in [-0.15, -0.1) is 0 Å². The highest BCUT2D eigenvalue weighted by Crippen LogP contribution is 2.14. The largest absolute Gasteiger partial charge is 0.494 e. The lowest BCUT2D eigenvalue weighted by Gasteiger charge is -2.08. The minimum atomic E-state index is -0.901. The monoisotopic (exact) mass is 222 g/mol. The number of aliphatic hydroxyl groups excluding tert-OH is 1. The zero-order valence-corrected chi connectivity index (χ0v) is 9.77. The number of ether oxygens (including phenoxy) is 1. The number of hydrogen-bond donors (Lipinski definition) is 1. The Kier molecular flexibility index (Phi) is 4.99. The van der Waals surface area contributed by atoms with Gasteiger partial charge >= 0.3 is 0 Å². The Bertz CT molecular complexity index is 330. The van der Waals surface area contributed by atoms with Crippen LogP contribution in [-0.2, 0) is 0 Å². The number of Topliss-reactive ketones (excluding diaryl/α,β-unsaturated/α-hetero) is 1. The number of carbonyl (C=O) groups excluding carboxylic acids is 1. The van der Waals surface area contributed by atoms with E-state index in [1.54, 1.807) is 31.2 Å². The highest BCUT2D eigenvalue weighted by Gasteiger charge is 2.14. The number of hydrogen-bond acceptors (Lipinski definition) is 3. The van der Waals surface area contributed by atoms with Crippen LogP contribution in [0.4, 0.5) is 0 Å². The number of ketones is 1. The zero-order chi connectivity index (χ0) is 12.0. The Hall–Kier alpha value is -1.35. The van der Waals surface area contributed by atoms with Crippen molar-refractivity contribution in [1.82, 2.24) is 0 Å². The summed E-state index contributed by atoms with van der Waals surface area (Å²) in [5, 5.41) is 9.41. The second kappa shape index (κ2) is 6.28.